The highest BCUT2D eigenvalue weighted by molar-refractivity contribution is 5.68. The number of hydrogen-bond donors (Lipinski definition) is 0. The minimum atomic E-state index is -0.425. The van der Waals surface area contributed by atoms with Crippen molar-refractivity contribution in [3.05, 3.63) is 66.5 Å². The van der Waals surface area contributed by atoms with Gasteiger partial charge in [0.2, 0.25) is 0 Å². The second kappa shape index (κ2) is 7.54. The van der Waals surface area contributed by atoms with Gasteiger partial charge in [0.1, 0.15) is 11.6 Å². The zero-order valence-electron chi connectivity index (χ0n) is 16.1. The predicted molar refractivity (Wildman–Crippen MR) is 109 cm³/mol. The summed E-state index contributed by atoms with van der Waals surface area (Å²) in [5.74, 6) is 0.845. The largest absolute Gasteiger partial charge is 0.356 e. The highest BCUT2D eigenvalue weighted by Gasteiger charge is 2.40. The minimum Gasteiger partial charge on any atom is -0.356 e. The molecule has 29 heavy (non-hydrogen) atoms. The van der Waals surface area contributed by atoms with Crippen LogP contribution in [0.2, 0.25) is 0 Å². The van der Waals surface area contributed by atoms with Crippen molar-refractivity contribution >= 4 is 5.82 Å². The first-order valence-corrected chi connectivity index (χ1v) is 9.94. The number of benzene rings is 2. The fourth-order valence-corrected chi connectivity index (χ4v) is 3.94. The topological polar surface area (TPSA) is 47.5 Å². The van der Waals surface area contributed by atoms with Crippen molar-refractivity contribution in [2.24, 2.45) is 0 Å². The van der Waals surface area contributed by atoms with E-state index >= 15 is 0 Å². The van der Waals surface area contributed by atoms with Gasteiger partial charge in [0, 0.05) is 43.1 Å². The van der Waals surface area contributed by atoms with E-state index in [0.717, 1.165) is 48.6 Å². The van der Waals surface area contributed by atoms with Gasteiger partial charge in [-0.1, -0.05) is 30.3 Å². The first kappa shape index (κ1) is 18.2. The van der Waals surface area contributed by atoms with E-state index in [0.29, 0.717) is 19.0 Å². The Bertz CT molecular complexity index is 979. The van der Waals surface area contributed by atoms with Crippen LogP contribution < -0.4 is 4.90 Å². The molecule has 2 fully saturated rings. The monoisotopic (exact) mass is 391 g/mol. The lowest BCUT2D eigenvalue weighted by atomic mass is 10.0. The number of halogens is 1. The molecule has 3 aromatic rings. The summed E-state index contributed by atoms with van der Waals surface area (Å²) in [6, 6.07) is 18.3. The Morgan fingerprint density at radius 2 is 1.52 bits per heavy atom. The van der Waals surface area contributed by atoms with Crippen molar-refractivity contribution in [1.29, 1.82) is 0 Å². The Morgan fingerprint density at radius 3 is 2.21 bits per heavy atom. The second-order valence-corrected chi connectivity index (χ2v) is 7.40. The summed E-state index contributed by atoms with van der Waals surface area (Å²) < 4.78 is 25.1. The summed E-state index contributed by atoms with van der Waals surface area (Å²) in [7, 11) is 0. The molecule has 0 N–H and O–H groups in total. The summed E-state index contributed by atoms with van der Waals surface area (Å²) in [6.07, 6.45) is 1.62. The molecule has 1 aromatic heterocycles. The molecule has 0 unspecified atom stereocenters. The molecule has 2 saturated heterocycles. The molecule has 0 saturated carbocycles. The maximum atomic E-state index is 13.4. The summed E-state index contributed by atoms with van der Waals surface area (Å²) >= 11 is 0. The first-order chi connectivity index (χ1) is 14.2. The SMILES string of the molecule is Fc1ccc(-c2cc(N3CCC4(CC3)OCCO4)nc(-c3ccccc3)n2)cc1. The van der Waals surface area contributed by atoms with Gasteiger partial charge in [-0.2, -0.15) is 0 Å². The molecule has 3 heterocycles. The Morgan fingerprint density at radius 1 is 0.828 bits per heavy atom. The average Bonchev–Trinajstić information content (AvgIpc) is 3.23. The van der Waals surface area contributed by atoms with Gasteiger partial charge in [-0.05, 0) is 24.3 Å². The third-order valence-electron chi connectivity index (χ3n) is 5.55. The number of nitrogens with zero attached hydrogens (tertiary/aromatic N) is 3. The molecule has 0 atom stereocenters. The first-order valence-electron chi connectivity index (χ1n) is 9.94. The highest BCUT2D eigenvalue weighted by Crippen LogP contribution is 2.34. The molecule has 148 valence electrons. The van der Waals surface area contributed by atoms with Gasteiger partial charge < -0.3 is 14.4 Å². The molecule has 0 aliphatic carbocycles. The lowest BCUT2D eigenvalue weighted by Gasteiger charge is -2.38. The molecule has 0 bridgehead atoms. The van der Waals surface area contributed by atoms with E-state index in [9.17, 15) is 4.39 Å². The molecule has 1 spiro atoms. The molecule has 2 aliphatic heterocycles. The van der Waals surface area contributed by atoms with E-state index in [1.54, 1.807) is 12.1 Å². The maximum absolute atomic E-state index is 13.4. The molecule has 0 radical (unpaired) electrons. The third kappa shape index (κ3) is 3.73. The summed E-state index contributed by atoms with van der Waals surface area (Å²) in [5.41, 5.74) is 2.60. The highest BCUT2D eigenvalue weighted by atomic mass is 19.1. The van der Waals surface area contributed by atoms with Gasteiger partial charge in [-0.25, -0.2) is 14.4 Å². The quantitative estimate of drug-likeness (QED) is 0.666. The van der Waals surface area contributed by atoms with E-state index in [1.165, 1.54) is 12.1 Å². The summed E-state index contributed by atoms with van der Waals surface area (Å²) in [4.78, 5) is 11.9. The Kier molecular flexibility index (Phi) is 4.73. The van der Waals surface area contributed by atoms with Crippen molar-refractivity contribution in [2.45, 2.75) is 18.6 Å². The van der Waals surface area contributed by atoms with Crippen molar-refractivity contribution < 1.29 is 13.9 Å². The van der Waals surface area contributed by atoms with Crippen molar-refractivity contribution in [1.82, 2.24) is 9.97 Å². The van der Waals surface area contributed by atoms with Crippen LogP contribution in [0.4, 0.5) is 10.2 Å². The average molecular weight is 391 g/mol. The van der Waals surface area contributed by atoms with Crippen molar-refractivity contribution in [2.75, 3.05) is 31.2 Å². The fraction of sp³-hybridized carbons (Fsp3) is 0.304. The lowest BCUT2D eigenvalue weighted by Crippen LogP contribution is -2.45. The fourth-order valence-electron chi connectivity index (χ4n) is 3.94. The van der Waals surface area contributed by atoms with Crippen LogP contribution in [0, 0.1) is 5.82 Å². The van der Waals surface area contributed by atoms with Crippen LogP contribution in [0.5, 0.6) is 0 Å². The zero-order valence-corrected chi connectivity index (χ0v) is 16.1. The van der Waals surface area contributed by atoms with E-state index in [2.05, 4.69) is 4.90 Å². The Hall–Kier alpha value is -2.83. The summed E-state index contributed by atoms with van der Waals surface area (Å²) in [5, 5.41) is 0. The van der Waals surface area contributed by atoms with Crippen LogP contribution in [-0.4, -0.2) is 42.1 Å². The van der Waals surface area contributed by atoms with E-state index in [1.807, 2.05) is 36.4 Å². The molecule has 0 amide bonds. The van der Waals surface area contributed by atoms with Gasteiger partial charge in [-0.15, -0.1) is 0 Å². The zero-order chi connectivity index (χ0) is 19.7. The van der Waals surface area contributed by atoms with E-state index in [4.69, 9.17) is 19.4 Å². The van der Waals surface area contributed by atoms with Crippen molar-refractivity contribution in [3.63, 3.8) is 0 Å². The number of rotatable bonds is 3. The minimum absolute atomic E-state index is 0.260. The normalized spacial score (nSPS) is 18.3. The van der Waals surface area contributed by atoms with Gasteiger partial charge in [0.15, 0.2) is 11.6 Å². The number of ether oxygens (including phenoxy) is 2. The standard InChI is InChI=1S/C23H22FN3O2/c24-19-8-6-17(7-9-19)20-16-21(26-22(25-20)18-4-2-1-3-5-18)27-12-10-23(11-13-27)28-14-15-29-23/h1-9,16H,10-15H2. The van der Waals surface area contributed by atoms with Crippen LogP contribution in [0.25, 0.3) is 22.6 Å². The number of aromatic nitrogens is 2. The van der Waals surface area contributed by atoms with Crippen LogP contribution >= 0.6 is 0 Å². The van der Waals surface area contributed by atoms with Crippen LogP contribution in [0.1, 0.15) is 12.8 Å². The molecule has 5 rings (SSSR count). The van der Waals surface area contributed by atoms with Crippen LogP contribution in [-0.2, 0) is 9.47 Å². The second-order valence-electron chi connectivity index (χ2n) is 7.40. The third-order valence-corrected chi connectivity index (χ3v) is 5.55. The maximum Gasteiger partial charge on any atom is 0.171 e. The van der Waals surface area contributed by atoms with Crippen LogP contribution in [0.3, 0.4) is 0 Å². The molecular formula is C23H22FN3O2. The molecule has 6 heteroatoms. The van der Waals surface area contributed by atoms with Gasteiger partial charge in [0.25, 0.3) is 0 Å². The van der Waals surface area contributed by atoms with Crippen molar-refractivity contribution in [3.8, 4) is 22.6 Å². The summed E-state index contributed by atoms with van der Waals surface area (Å²) in [6.45, 7) is 2.93. The van der Waals surface area contributed by atoms with Gasteiger partial charge in [-0.3, -0.25) is 0 Å². The predicted octanol–water partition coefficient (Wildman–Crippen LogP) is 4.29. The Labute approximate surface area is 169 Å². The van der Waals surface area contributed by atoms with Gasteiger partial charge >= 0.3 is 0 Å². The molecule has 2 aromatic carbocycles. The molecular weight excluding hydrogens is 369 g/mol. The van der Waals surface area contributed by atoms with E-state index < -0.39 is 5.79 Å². The van der Waals surface area contributed by atoms with Gasteiger partial charge in [0.05, 0.1) is 18.9 Å². The molecule has 5 nitrogen and oxygen atoms in total. The number of anilines is 1. The smallest absolute Gasteiger partial charge is 0.171 e. The molecule has 2 aliphatic rings. The number of piperidine rings is 1. The number of hydrogen-bond acceptors (Lipinski definition) is 5. The lowest BCUT2D eigenvalue weighted by molar-refractivity contribution is -0.169. The van der Waals surface area contributed by atoms with E-state index in [-0.39, 0.29) is 5.82 Å². The Balaban J connectivity index is 1.50. The van der Waals surface area contributed by atoms with Crippen LogP contribution in [0.15, 0.2) is 60.7 Å².